The van der Waals surface area contributed by atoms with Crippen LogP contribution in [-0.4, -0.2) is 15.0 Å². The maximum Gasteiger partial charge on any atom is 0.160 e. The summed E-state index contributed by atoms with van der Waals surface area (Å²) in [5.74, 6) is 0.999. The summed E-state index contributed by atoms with van der Waals surface area (Å²) in [4.78, 5) is 16.2. The highest BCUT2D eigenvalue weighted by Crippen LogP contribution is 2.25. The largest absolute Gasteiger partial charge is 0.294 e. The summed E-state index contributed by atoms with van der Waals surface area (Å²) in [5, 5.41) is 2.96. The number of rotatable bonds is 5. The quantitative estimate of drug-likeness (QED) is 0.775. The molecule has 3 nitrogen and oxygen atoms in total. The van der Waals surface area contributed by atoms with Crippen molar-refractivity contribution in [1.82, 2.24) is 4.98 Å². The van der Waals surface area contributed by atoms with E-state index in [9.17, 15) is 9.00 Å². The first kappa shape index (κ1) is 17.0. The molecule has 1 aromatic heterocycles. The van der Waals surface area contributed by atoms with Gasteiger partial charge in [0, 0.05) is 27.5 Å². The number of hydrogen-bond donors (Lipinski definition) is 0. The number of nitrogens with zero attached hydrogens (tertiary/aromatic N) is 1. The second kappa shape index (κ2) is 6.84. The highest BCUT2D eigenvalue weighted by molar-refractivity contribution is 7.83. The molecule has 0 aliphatic rings. The Morgan fingerprint density at radius 2 is 1.86 bits per heavy atom. The van der Waals surface area contributed by atoms with Crippen molar-refractivity contribution in [1.29, 1.82) is 0 Å². The highest BCUT2D eigenvalue weighted by Gasteiger charge is 2.16. The van der Waals surface area contributed by atoms with Gasteiger partial charge in [-0.05, 0) is 56.9 Å². The van der Waals surface area contributed by atoms with Crippen molar-refractivity contribution < 1.29 is 9.00 Å². The van der Waals surface area contributed by atoms with Gasteiger partial charge < -0.3 is 0 Å². The molecule has 2 aromatic rings. The smallest absolute Gasteiger partial charge is 0.160 e. The lowest BCUT2D eigenvalue weighted by Gasteiger charge is -2.15. The number of hydrogen-bond acceptors (Lipinski definition) is 4. The van der Waals surface area contributed by atoms with E-state index in [-0.39, 0.29) is 5.78 Å². The van der Waals surface area contributed by atoms with Crippen LogP contribution < -0.4 is 0 Å². The molecule has 0 N–H and O–H groups in total. The summed E-state index contributed by atoms with van der Waals surface area (Å²) < 4.78 is 12.5. The first-order valence-electron chi connectivity index (χ1n) is 7.16. The molecule has 0 amide bonds. The van der Waals surface area contributed by atoms with Crippen molar-refractivity contribution in [3.8, 4) is 0 Å². The van der Waals surface area contributed by atoms with Crippen LogP contribution in [-0.2, 0) is 22.3 Å². The maximum atomic E-state index is 12.5. The fraction of sp³-hybridized carbons (Fsp3) is 0.412. The number of benzene rings is 1. The van der Waals surface area contributed by atoms with Crippen molar-refractivity contribution >= 4 is 27.9 Å². The number of aromatic nitrogens is 1. The molecule has 0 fully saturated rings. The SMILES string of the molecule is CC(=O)c1c(C)cc(C)c(C[S@@](=O)Cc2csc(C)n2)c1C. The topological polar surface area (TPSA) is 47.0 Å². The summed E-state index contributed by atoms with van der Waals surface area (Å²) in [5.41, 5.74) is 5.74. The third-order valence-electron chi connectivity index (χ3n) is 3.76. The molecule has 0 spiro atoms. The van der Waals surface area contributed by atoms with Gasteiger partial charge in [0.25, 0.3) is 0 Å². The minimum absolute atomic E-state index is 0.0668. The molecule has 5 heteroatoms. The standard InChI is InChI=1S/C17H21NO2S2/c1-10-6-11(2)17(13(4)19)12(3)16(10)9-22(20)8-15-7-21-14(5)18-15/h6-7H,8-9H2,1-5H3/t22-/m0/s1. The second-order valence-corrected chi connectivity index (χ2v) is 8.15. The van der Waals surface area contributed by atoms with Crippen LogP contribution in [0, 0.1) is 27.7 Å². The normalized spacial score (nSPS) is 12.4. The molecule has 0 unspecified atom stereocenters. The Kier molecular flexibility index (Phi) is 5.29. The lowest BCUT2D eigenvalue weighted by atomic mass is 9.92. The number of aryl methyl sites for hydroxylation is 3. The van der Waals surface area contributed by atoms with E-state index in [4.69, 9.17) is 0 Å². The van der Waals surface area contributed by atoms with Gasteiger partial charge in [0.2, 0.25) is 0 Å². The van der Waals surface area contributed by atoms with Gasteiger partial charge in [0.1, 0.15) is 0 Å². The summed E-state index contributed by atoms with van der Waals surface area (Å²) in [6.07, 6.45) is 0. The van der Waals surface area contributed by atoms with Crippen LogP contribution in [0.3, 0.4) is 0 Å². The number of carbonyl (C=O) groups excluding carboxylic acids is 1. The Hall–Kier alpha value is -1.33. The van der Waals surface area contributed by atoms with E-state index < -0.39 is 10.8 Å². The molecule has 0 saturated carbocycles. The van der Waals surface area contributed by atoms with Crippen LogP contribution in [0.15, 0.2) is 11.4 Å². The van der Waals surface area contributed by atoms with Gasteiger partial charge in [-0.15, -0.1) is 11.3 Å². The molecule has 0 aliphatic carbocycles. The second-order valence-electron chi connectivity index (χ2n) is 5.63. The zero-order valence-electron chi connectivity index (χ0n) is 13.6. The first-order chi connectivity index (χ1) is 10.3. The molecule has 0 saturated heterocycles. The van der Waals surface area contributed by atoms with Gasteiger partial charge in [0.05, 0.1) is 16.5 Å². The molecule has 0 bridgehead atoms. The summed E-state index contributed by atoms with van der Waals surface area (Å²) in [6.45, 7) is 9.46. The molecule has 22 heavy (non-hydrogen) atoms. The number of Topliss-reactive ketones (excluding diaryl/α,β-unsaturated/α-hetero) is 1. The van der Waals surface area contributed by atoms with Gasteiger partial charge in [-0.25, -0.2) is 4.98 Å². The monoisotopic (exact) mass is 335 g/mol. The van der Waals surface area contributed by atoms with E-state index in [1.165, 1.54) is 0 Å². The molecule has 0 radical (unpaired) electrons. The average molecular weight is 335 g/mol. The van der Waals surface area contributed by atoms with Crippen LogP contribution in [0.2, 0.25) is 0 Å². The molecule has 0 aliphatic heterocycles. The maximum absolute atomic E-state index is 12.5. The number of ketones is 1. The van der Waals surface area contributed by atoms with Crippen molar-refractivity contribution in [2.75, 3.05) is 0 Å². The van der Waals surface area contributed by atoms with Crippen molar-refractivity contribution in [2.24, 2.45) is 0 Å². The predicted octanol–water partition coefficient (Wildman–Crippen LogP) is 4.03. The predicted molar refractivity (Wildman–Crippen MR) is 93.1 cm³/mol. The van der Waals surface area contributed by atoms with Gasteiger partial charge in [-0.3, -0.25) is 9.00 Å². The Morgan fingerprint density at radius 1 is 1.18 bits per heavy atom. The van der Waals surface area contributed by atoms with E-state index in [1.54, 1.807) is 18.3 Å². The van der Waals surface area contributed by atoms with Crippen LogP contribution in [0.25, 0.3) is 0 Å². The van der Waals surface area contributed by atoms with Crippen molar-refractivity contribution in [3.63, 3.8) is 0 Å². The molecule has 1 atom stereocenters. The number of carbonyl (C=O) groups is 1. The van der Waals surface area contributed by atoms with Gasteiger partial charge >= 0.3 is 0 Å². The fourth-order valence-electron chi connectivity index (χ4n) is 2.84. The molecule has 2 rings (SSSR count). The molecular formula is C17H21NO2S2. The van der Waals surface area contributed by atoms with Crippen LogP contribution in [0.5, 0.6) is 0 Å². The summed E-state index contributed by atoms with van der Waals surface area (Å²) >= 11 is 1.58. The zero-order chi connectivity index (χ0) is 16.4. The number of thiazole rings is 1. The Balaban J connectivity index is 2.27. The third kappa shape index (κ3) is 3.70. The first-order valence-corrected chi connectivity index (χ1v) is 9.53. The van der Waals surface area contributed by atoms with E-state index in [0.717, 1.165) is 38.5 Å². The lowest BCUT2D eigenvalue weighted by molar-refractivity contribution is 0.101. The van der Waals surface area contributed by atoms with E-state index in [0.29, 0.717) is 11.5 Å². The minimum atomic E-state index is -1.02. The van der Waals surface area contributed by atoms with Crippen molar-refractivity contribution in [2.45, 2.75) is 46.1 Å². The average Bonchev–Trinajstić information content (AvgIpc) is 2.79. The van der Waals surface area contributed by atoms with Crippen LogP contribution >= 0.6 is 11.3 Å². The van der Waals surface area contributed by atoms with E-state index >= 15 is 0 Å². The molecule has 1 heterocycles. The van der Waals surface area contributed by atoms with Crippen LogP contribution in [0.4, 0.5) is 0 Å². The molecular weight excluding hydrogens is 314 g/mol. The Bertz CT molecular complexity index is 747. The van der Waals surface area contributed by atoms with E-state index in [2.05, 4.69) is 4.98 Å². The summed E-state index contributed by atoms with van der Waals surface area (Å²) in [6, 6.07) is 2.02. The highest BCUT2D eigenvalue weighted by atomic mass is 32.2. The fourth-order valence-corrected chi connectivity index (χ4v) is 4.91. The minimum Gasteiger partial charge on any atom is -0.294 e. The molecule has 1 aromatic carbocycles. The van der Waals surface area contributed by atoms with Gasteiger partial charge in [-0.2, -0.15) is 0 Å². The van der Waals surface area contributed by atoms with Gasteiger partial charge in [0.15, 0.2) is 5.78 Å². The summed E-state index contributed by atoms with van der Waals surface area (Å²) in [7, 11) is -1.02. The van der Waals surface area contributed by atoms with Crippen LogP contribution in [0.1, 0.15) is 50.2 Å². The molecule has 118 valence electrons. The Labute approximate surface area is 138 Å². The Morgan fingerprint density at radius 3 is 2.41 bits per heavy atom. The lowest BCUT2D eigenvalue weighted by Crippen LogP contribution is -2.09. The zero-order valence-corrected chi connectivity index (χ0v) is 15.3. The third-order valence-corrected chi connectivity index (χ3v) is 5.81. The van der Waals surface area contributed by atoms with E-state index in [1.807, 2.05) is 39.1 Å². The van der Waals surface area contributed by atoms with Gasteiger partial charge in [-0.1, -0.05) is 6.07 Å². The van der Waals surface area contributed by atoms with Crippen molar-refractivity contribution in [3.05, 3.63) is 50.0 Å².